The molecule has 1 aromatic rings. The van der Waals surface area contributed by atoms with Crippen LogP contribution < -0.4 is 0 Å². The van der Waals surface area contributed by atoms with E-state index < -0.39 is 6.10 Å². The van der Waals surface area contributed by atoms with E-state index >= 15 is 0 Å². The summed E-state index contributed by atoms with van der Waals surface area (Å²) in [5.74, 6) is 0.461. The summed E-state index contributed by atoms with van der Waals surface area (Å²) in [7, 11) is 0. The van der Waals surface area contributed by atoms with Crippen LogP contribution in [-0.4, -0.2) is 5.11 Å². The van der Waals surface area contributed by atoms with Crippen LogP contribution in [0.3, 0.4) is 0 Å². The zero-order valence-corrected chi connectivity index (χ0v) is 9.57. The van der Waals surface area contributed by atoms with E-state index in [1.165, 1.54) is 0 Å². The van der Waals surface area contributed by atoms with Crippen LogP contribution in [0.1, 0.15) is 32.4 Å². The Bertz CT molecular complexity index is 356. The lowest BCUT2D eigenvalue weighted by atomic mass is 10.0. The zero-order valence-electron chi connectivity index (χ0n) is 9.57. The van der Waals surface area contributed by atoms with Crippen molar-refractivity contribution in [1.82, 2.24) is 0 Å². The quantitative estimate of drug-likeness (QED) is 0.744. The van der Waals surface area contributed by atoms with Crippen molar-refractivity contribution in [2.45, 2.75) is 26.9 Å². The molecular weight excluding hydrogens is 184 g/mol. The first kappa shape index (κ1) is 11.8. The molecule has 0 fully saturated rings. The van der Waals surface area contributed by atoms with Crippen molar-refractivity contribution in [1.29, 1.82) is 0 Å². The predicted molar refractivity (Wildman–Crippen MR) is 63.5 cm³/mol. The molecule has 0 saturated heterocycles. The van der Waals surface area contributed by atoms with Gasteiger partial charge in [-0.05, 0) is 24.5 Å². The molecule has 0 aliphatic rings. The van der Waals surface area contributed by atoms with Crippen LogP contribution in [0.25, 0.3) is 0 Å². The van der Waals surface area contributed by atoms with Crippen LogP contribution in [0.15, 0.2) is 47.7 Å². The first-order chi connectivity index (χ1) is 7.11. The van der Waals surface area contributed by atoms with Gasteiger partial charge in [-0.3, -0.25) is 0 Å². The molecular formula is C14H18O. The number of aliphatic hydroxyl groups excluding tert-OH is 1. The first-order valence-corrected chi connectivity index (χ1v) is 5.27. The third kappa shape index (κ3) is 3.75. The Balaban J connectivity index is 2.86. The third-order valence-electron chi connectivity index (χ3n) is 2.17. The van der Waals surface area contributed by atoms with Gasteiger partial charge < -0.3 is 5.11 Å². The smallest absolute Gasteiger partial charge is 0.107 e. The van der Waals surface area contributed by atoms with Gasteiger partial charge in [-0.25, -0.2) is 0 Å². The van der Waals surface area contributed by atoms with E-state index in [0.717, 1.165) is 11.1 Å². The molecule has 15 heavy (non-hydrogen) atoms. The van der Waals surface area contributed by atoms with E-state index in [0.29, 0.717) is 5.92 Å². The normalized spacial score (nSPS) is 12.1. The predicted octanol–water partition coefficient (Wildman–Crippen LogP) is 3.48. The van der Waals surface area contributed by atoms with Gasteiger partial charge in [0.25, 0.3) is 0 Å². The van der Waals surface area contributed by atoms with E-state index in [1.807, 2.05) is 43.3 Å². The molecule has 0 amide bonds. The minimum atomic E-state index is -0.541. The molecule has 80 valence electrons. The average molecular weight is 202 g/mol. The number of rotatable bonds is 3. The standard InChI is InChI=1S/C14H18O/c1-11(2)9-10-12(3)14(15)13-7-5-4-6-8-13/h4-9,11,14-15H,1-3H3/t10?,14-/m0/s1. The summed E-state index contributed by atoms with van der Waals surface area (Å²) in [5.41, 5.74) is 4.89. The lowest BCUT2D eigenvalue weighted by Gasteiger charge is -2.09. The Morgan fingerprint density at radius 3 is 2.40 bits per heavy atom. The summed E-state index contributed by atoms with van der Waals surface area (Å²) >= 11 is 0. The van der Waals surface area contributed by atoms with Crippen molar-refractivity contribution < 1.29 is 5.11 Å². The van der Waals surface area contributed by atoms with Crippen molar-refractivity contribution in [2.75, 3.05) is 0 Å². The van der Waals surface area contributed by atoms with Crippen LogP contribution in [0.4, 0.5) is 0 Å². The molecule has 0 aliphatic heterocycles. The van der Waals surface area contributed by atoms with Crippen LogP contribution in [-0.2, 0) is 0 Å². The number of hydrogen-bond acceptors (Lipinski definition) is 1. The van der Waals surface area contributed by atoms with Crippen LogP contribution >= 0.6 is 0 Å². The molecule has 0 aromatic heterocycles. The molecule has 1 atom stereocenters. The fourth-order valence-corrected chi connectivity index (χ4v) is 1.26. The van der Waals surface area contributed by atoms with Crippen molar-refractivity contribution in [2.24, 2.45) is 5.92 Å². The Kier molecular flexibility index (Phi) is 4.36. The van der Waals surface area contributed by atoms with Gasteiger partial charge in [-0.2, -0.15) is 0 Å². The van der Waals surface area contributed by atoms with Gasteiger partial charge in [-0.15, -0.1) is 5.73 Å². The maximum atomic E-state index is 9.98. The van der Waals surface area contributed by atoms with Crippen molar-refractivity contribution in [3.05, 3.63) is 53.3 Å². The van der Waals surface area contributed by atoms with Gasteiger partial charge in [0, 0.05) is 5.57 Å². The largest absolute Gasteiger partial charge is 0.383 e. The van der Waals surface area contributed by atoms with E-state index in [1.54, 1.807) is 0 Å². The Morgan fingerprint density at radius 1 is 1.27 bits per heavy atom. The molecule has 1 aromatic carbocycles. The highest BCUT2D eigenvalue weighted by Gasteiger charge is 2.07. The molecule has 0 aliphatic carbocycles. The first-order valence-electron chi connectivity index (χ1n) is 5.27. The fourth-order valence-electron chi connectivity index (χ4n) is 1.26. The second-order valence-corrected chi connectivity index (χ2v) is 4.05. The molecule has 0 unspecified atom stereocenters. The number of aliphatic hydroxyl groups is 1. The SMILES string of the molecule is CC(=C=CC(C)C)[C@H](O)c1ccccc1. The lowest BCUT2D eigenvalue weighted by molar-refractivity contribution is 0.216. The summed E-state index contributed by atoms with van der Waals surface area (Å²) in [6.07, 6.45) is 1.43. The second-order valence-electron chi connectivity index (χ2n) is 4.05. The lowest BCUT2D eigenvalue weighted by Crippen LogP contribution is -1.97. The van der Waals surface area contributed by atoms with E-state index in [2.05, 4.69) is 19.6 Å². The number of benzene rings is 1. The van der Waals surface area contributed by atoms with E-state index in [-0.39, 0.29) is 0 Å². The second kappa shape index (κ2) is 5.55. The summed E-state index contributed by atoms with van der Waals surface area (Å²) in [6, 6.07) is 9.64. The van der Waals surface area contributed by atoms with Crippen LogP contribution in [0.5, 0.6) is 0 Å². The maximum absolute atomic E-state index is 9.98. The monoisotopic (exact) mass is 202 g/mol. The average Bonchev–Trinajstić information content (AvgIpc) is 2.26. The topological polar surface area (TPSA) is 20.2 Å². The third-order valence-corrected chi connectivity index (χ3v) is 2.17. The highest BCUT2D eigenvalue weighted by molar-refractivity contribution is 5.24. The Labute approximate surface area is 91.8 Å². The maximum Gasteiger partial charge on any atom is 0.107 e. The molecule has 0 radical (unpaired) electrons. The highest BCUT2D eigenvalue weighted by Crippen LogP contribution is 2.19. The fraction of sp³-hybridized carbons (Fsp3) is 0.357. The van der Waals surface area contributed by atoms with Crippen molar-refractivity contribution in [3.8, 4) is 0 Å². The molecule has 1 nitrogen and oxygen atoms in total. The van der Waals surface area contributed by atoms with E-state index in [9.17, 15) is 5.11 Å². The molecule has 0 spiro atoms. The molecule has 1 rings (SSSR count). The zero-order chi connectivity index (χ0) is 11.3. The van der Waals surface area contributed by atoms with Gasteiger partial charge in [0.2, 0.25) is 0 Å². The summed E-state index contributed by atoms with van der Waals surface area (Å²) < 4.78 is 0. The molecule has 1 heteroatoms. The van der Waals surface area contributed by atoms with Crippen molar-refractivity contribution >= 4 is 0 Å². The molecule has 0 heterocycles. The molecule has 0 saturated carbocycles. The summed E-state index contributed by atoms with van der Waals surface area (Å²) in [5, 5.41) is 9.98. The van der Waals surface area contributed by atoms with Gasteiger partial charge >= 0.3 is 0 Å². The van der Waals surface area contributed by atoms with Gasteiger partial charge in [0.1, 0.15) is 6.10 Å². The van der Waals surface area contributed by atoms with Crippen LogP contribution in [0, 0.1) is 5.92 Å². The highest BCUT2D eigenvalue weighted by atomic mass is 16.3. The van der Waals surface area contributed by atoms with Gasteiger partial charge in [0.15, 0.2) is 0 Å². The van der Waals surface area contributed by atoms with E-state index in [4.69, 9.17) is 0 Å². The molecule has 1 N–H and O–H groups in total. The molecule has 0 bridgehead atoms. The minimum absolute atomic E-state index is 0.461. The minimum Gasteiger partial charge on any atom is -0.383 e. The van der Waals surface area contributed by atoms with Crippen LogP contribution in [0.2, 0.25) is 0 Å². The summed E-state index contributed by atoms with van der Waals surface area (Å²) in [4.78, 5) is 0. The van der Waals surface area contributed by atoms with Crippen molar-refractivity contribution in [3.63, 3.8) is 0 Å². The van der Waals surface area contributed by atoms with Gasteiger partial charge in [-0.1, -0.05) is 44.2 Å². The summed E-state index contributed by atoms with van der Waals surface area (Å²) in [6.45, 7) is 6.08. The van der Waals surface area contributed by atoms with Gasteiger partial charge in [0.05, 0.1) is 0 Å². The Morgan fingerprint density at radius 2 is 1.87 bits per heavy atom. The Hall–Kier alpha value is -1.30. The number of hydrogen-bond donors (Lipinski definition) is 1.